The van der Waals surface area contributed by atoms with Crippen LogP contribution in [-0.2, 0) is 42.9 Å². The second-order valence-electron chi connectivity index (χ2n) is 10.9. The predicted molar refractivity (Wildman–Crippen MR) is 133 cm³/mol. The van der Waals surface area contributed by atoms with Crippen LogP contribution in [-0.4, -0.2) is 35.6 Å². The maximum atomic E-state index is 15.5. The fraction of sp³-hybridized carbons (Fsp3) is 0.379. The van der Waals surface area contributed by atoms with Crippen molar-refractivity contribution in [3.63, 3.8) is 0 Å². The average Bonchev–Trinajstić information content (AvgIpc) is 3.34. The van der Waals surface area contributed by atoms with E-state index in [1.165, 1.54) is 18.2 Å². The van der Waals surface area contributed by atoms with Gasteiger partial charge in [-0.3, -0.25) is 4.79 Å². The van der Waals surface area contributed by atoms with Crippen molar-refractivity contribution in [3.05, 3.63) is 71.6 Å². The van der Waals surface area contributed by atoms with Crippen molar-refractivity contribution in [2.75, 3.05) is 6.61 Å². The second kappa shape index (κ2) is 8.53. The summed E-state index contributed by atoms with van der Waals surface area (Å²) in [6.07, 6.45) is -2.40. The molecule has 0 N–H and O–H groups in total. The van der Waals surface area contributed by atoms with E-state index in [-0.39, 0.29) is 47.9 Å². The Balaban J connectivity index is 1.31. The highest BCUT2D eigenvalue weighted by Gasteiger charge is 2.52. The molecule has 7 nitrogen and oxygen atoms in total. The van der Waals surface area contributed by atoms with E-state index in [2.05, 4.69) is 16.1 Å². The highest BCUT2D eigenvalue weighted by molar-refractivity contribution is 5.95. The number of fused-ring (bicyclic) bond motifs is 2. The molecule has 1 saturated heterocycles. The minimum Gasteiger partial charge on any atom is -0.462 e. The van der Waals surface area contributed by atoms with Gasteiger partial charge in [-0.15, -0.1) is 8.78 Å². The summed E-state index contributed by atoms with van der Waals surface area (Å²) in [5.41, 5.74) is 0.232. The number of Topliss-reactive ketones (excluding diaryl/α,β-unsaturated/α-hetero) is 1. The van der Waals surface area contributed by atoms with E-state index >= 15 is 4.39 Å². The van der Waals surface area contributed by atoms with Gasteiger partial charge in [-0.1, -0.05) is 6.07 Å². The van der Waals surface area contributed by atoms with E-state index in [4.69, 9.17) is 9.47 Å². The number of halogens is 3. The lowest BCUT2D eigenvalue weighted by Crippen LogP contribution is -2.27. The van der Waals surface area contributed by atoms with Crippen LogP contribution < -0.4 is 9.47 Å². The average molecular weight is 542 g/mol. The number of carbonyl (C=O) groups is 2. The summed E-state index contributed by atoms with van der Waals surface area (Å²) in [6, 6.07) is 9.16. The van der Waals surface area contributed by atoms with Gasteiger partial charge < -0.3 is 28.3 Å². The summed E-state index contributed by atoms with van der Waals surface area (Å²) in [6.45, 7) is 7.81. The largest absolute Gasteiger partial charge is 0.586 e. The molecule has 1 saturated carbocycles. The van der Waals surface area contributed by atoms with Crippen LogP contribution in [0, 0.1) is 5.82 Å². The quantitative estimate of drug-likeness (QED) is 0.360. The van der Waals surface area contributed by atoms with Crippen molar-refractivity contribution in [2.24, 2.45) is 0 Å². The molecule has 0 radical (unpaired) electrons. The monoisotopic (exact) mass is 541 g/mol. The van der Waals surface area contributed by atoms with E-state index in [1.807, 2.05) is 10.6 Å². The molecule has 3 aliphatic rings. The van der Waals surface area contributed by atoms with Gasteiger partial charge in [-0.05, 0) is 74.7 Å². The molecule has 3 aromatic rings. The molecule has 2 fully saturated rings. The van der Waals surface area contributed by atoms with Crippen LogP contribution in [0.4, 0.5) is 13.2 Å². The number of aldehydes is 1. The van der Waals surface area contributed by atoms with Crippen molar-refractivity contribution in [1.29, 1.82) is 0 Å². The zero-order valence-electron chi connectivity index (χ0n) is 21.4. The topological polar surface area (TPSA) is 76.0 Å². The van der Waals surface area contributed by atoms with Crippen molar-refractivity contribution in [1.82, 2.24) is 4.57 Å². The molecule has 2 aromatic carbocycles. The summed E-state index contributed by atoms with van der Waals surface area (Å²) in [5, 5.41) is 0.678. The molecule has 0 bridgehead atoms. The molecule has 1 aromatic heterocycles. The van der Waals surface area contributed by atoms with Gasteiger partial charge in [0.25, 0.3) is 5.95 Å². The van der Waals surface area contributed by atoms with Gasteiger partial charge in [-0.25, -0.2) is 4.39 Å². The molecule has 6 rings (SSSR count). The van der Waals surface area contributed by atoms with E-state index in [9.17, 15) is 18.4 Å². The third kappa shape index (κ3) is 4.31. The Bertz CT molecular complexity index is 1540. The lowest BCUT2D eigenvalue weighted by atomic mass is 9.87. The van der Waals surface area contributed by atoms with Crippen molar-refractivity contribution < 1.29 is 41.7 Å². The zero-order valence-corrected chi connectivity index (χ0v) is 21.4. The standard InChI is InChI=1S/C29H26F3NO6/c1-16-36-14-20(37-16)13-33-22-12-21(30)17(8-18(22)9-25(33)27(2,3)15-34)10-26(35)28(6-7-28)19-4-5-23-24(11-19)39-29(31,32)38-23/h4-5,8-9,11-12,15,20H,1,6-7,10,13-14H2,2-3H3/t20-/m1/s1. The first-order valence-corrected chi connectivity index (χ1v) is 12.6. The number of nitrogens with zero attached hydrogens (tertiary/aromatic N) is 1. The van der Waals surface area contributed by atoms with Crippen molar-refractivity contribution in [2.45, 2.75) is 62.9 Å². The number of rotatable bonds is 8. The third-order valence-corrected chi connectivity index (χ3v) is 7.73. The van der Waals surface area contributed by atoms with Gasteiger partial charge in [0.2, 0.25) is 0 Å². The van der Waals surface area contributed by atoms with Crippen molar-refractivity contribution >= 4 is 23.0 Å². The Labute approximate surface area is 222 Å². The van der Waals surface area contributed by atoms with Gasteiger partial charge in [0.05, 0.1) is 22.9 Å². The third-order valence-electron chi connectivity index (χ3n) is 7.73. The highest BCUT2D eigenvalue weighted by atomic mass is 19.3. The first-order chi connectivity index (χ1) is 18.4. The normalized spacial score (nSPS) is 20.5. The first kappa shape index (κ1) is 25.3. The van der Waals surface area contributed by atoms with Gasteiger partial charge in [0.1, 0.15) is 24.5 Å². The van der Waals surface area contributed by atoms with Gasteiger partial charge >= 0.3 is 6.29 Å². The molecule has 3 heterocycles. The summed E-state index contributed by atoms with van der Waals surface area (Å²) < 4.78 is 64.2. The predicted octanol–water partition coefficient (Wildman–Crippen LogP) is 5.31. The summed E-state index contributed by atoms with van der Waals surface area (Å²) in [4.78, 5) is 25.4. The minimum atomic E-state index is -3.75. The number of hydrogen-bond acceptors (Lipinski definition) is 6. The van der Waals surface area contributed by atoms with Gasteiger partial charge in [-0.2, -0.15) is 0 Å². The molecule has 10 heteroatoms. The minimum absolute atomic E-state index is 0.0964. The molecule has 2 aliphatic heterocycles. The first-order valence-electron chi connectivity index (χ1n) is 12.6. The van der Waals surface area contributed by atoms with Crippen LogP contribution in [0.3, 0.4) is 0 Å². The van der Waals surface area contributed by atoms with E-state index in [1.54, 1.807) is 26.0 Å². The van der Waals surface area contributed by atoms with Gasteiger partial charge in [0.15, 0.2) is 17.6 Å². The smallest absolute Gasteiger partial charge is 0.462 e. The Morgan fingerprint density at radius 1 is 1.15 bits per heavy atom. The molecule has 0 amide bonds. The number of hydrogen-bond donors (Lipinski definition) is 0. The molecule has 204 valence electrons. The maximum Gasteiger partial charge on any atom is 0.586 e. The van der Waals surface area contributed by atoms with E-state index in [0.717, 1.165) is 6.29 Å². The Morgan fingerprint density at radius 3 is 2.56 bits per heavy atom. The van der Waals surface area contributed by atoms with Crippen molar-refractivity contribution in [3.8, 4) is 11.5 Å². The van der Waals surface area contributed by atoms with Crippen LogP contribution in [0.1, 0.15) is 43.5 Å². The van der Waals surface area contributed by atoms with Crippen LogP contribution in [0.25, 0.3) is 10.9 Å². The maximum absolute atomic E-state index is 15.5. The fourth-order valence-corrected chi connectivity index (χ4v) is 5.43. The molecule has 1 aliphatic carbocycles. The molecule has 0 unspecified atom stereocenters. The molecular formula is C29H26F3NO6. The lowest BCUT2D eigenvalue weighted by Gasteiger charge is -2.22. The number of ether oxygens (including phenoxy) is 4. The Morgan fingerprint density at radius 2 is 1.90 bits per heavy atom. The van der Waals surface area contributed by atoms with E-state index in [0.29, 0.717) is 41.5 Å². The number of aromatic nitrogens is 1. The van der Waals surface area contributed by atoms with E-state index < -0.39 is 22.9 Å². The summed E-state index contributed by atoms with van der Waals surface area (Å²) in [7, 11) is 0. The van der Waals surface area contributed by atoms with Crippen LogP contribution in [0.15, 0.2) is 48.9 Å². The van der Waals surface area contributed by atoms with Gasteiger partial charge in [0, 0.05) is 17.5 Å². The molecule has 1 atom stereocenters. The van der Waals surface area contributed by atoms with Crippen LogP contribution in [0.2, 0.25) is 0 Å². The summed E-state index contributed by atoms with van der Waals surface area (Å²) in [5.74, 6) is -0.782. The number of benzene rings is 2. The highest BCUT2D eigenvalue weighted by Crippen LogP contribution is 2.52. The number of alkyl halides is 2. The fourth-order valence-electron chi connectivity index (χ4n) is 5.43. The molecular weight excluding hydrogens is 515 g/mol. The zero-order chi connectivity index (χ0) is 27.7. The number of carbonyl (C=O) groups excluding carboxylic acids is 2. The second-order valence-corrected chi connectivity index (χ2v) is 10.9. The Kier molecular flexibility index (Phi) is 5.54. The SMILES string of the molecule is C=C1OC[C@@H](Cn2c(C(C)(C)C=O)cc3cc(CC(=O)C4(c5ccc6c(c5)OC(F)(F)O6)CC4)c(F)cc32)O1. The number of ketones is 1. The lowest BCUT2D eigenvalue weighted by molar-refractivity contribution is -0.286. The van der Waals surface area contributed by atoms with Crippen LogP contribution in [0.5, 0.6) is 11.5 Å². The molecule has 39 heavy (non-hydrogen) atoms. The Hall–Kier alpha value is -3.95. The van der Waals surface area contributed by atoms with Crippen LogP contribution >= 0.6 is 0 Å². The summed E-state index contributed by atoms with van der Waals surface area (Å²) >= 11 is 0. The molecule has 0 spiro atoms.